The fourth-order valence-electron chi connectivity index (χ4n) is 2.84. The molecule has 24 heavy (non-hydrogen) atoms. The third kappa shape index (κ3) is 2.08. The smallest absolute Gasteiger partial charge is 0.264 e. The molecule has 0 atom stereocenters. The van der Waals surface area contributed by atoms with Crippen LogP contribution in [0.2, 0.25) is 5.02 Å². The second-order valence-electron chi connectivity index (χ2n) is 5.46. The average molecular weight is 366 g/mol. The van der Waals surface area contributed by atoms with Crippen molar-refractivity contribution in [2.45, 2.75) is 4.90 Å². The van der Waals surface area contributed by atoms with E-state index in [9.17, 15) is 13.2 Å². The Bertz CT molecular complexity index is 986. The second-order valence-corrected chi connectivity index (χ2v) is 7.83. The van der Waals surface area contributed by atoms with E-state index in [1.807, 2.05) is 0 Å². The van der Waals surface area contributed by atoms with Gasteiger partial charge in [0.1, 0.15) is 18.1 Å². The lowest BCUT2D eigenvalue weighted by molar-refractivity contribution is 0.103. The average Bonchev–Trinajstić information content (AvgIpc) is 2.63. The molecule has 0 radical (unpaired) electrons. The summed E-state index contributed by atoms with van der Waals surface area (Å²) in [6, 6.07) is 7.27. The van der Waals surface area contributed by atoms with Crippen LogP contribution in [0, 0.1) is 0 Å². The van der Waals surface area contributed by atoms with Crippen LogP contribution in [0.15, 0.2) is 35.2 Å². The lowest BCUT2D eigenvalue weighted by Crippen LogP contribution is -2.27. The van der Waals surface area contributed by atoms with Crippen molar-refractivity contribution in [2.75, 3.05) is 24.6 Å². The van der Waals surface area contributed by atoms with E-state index in [0.717, 1.165) is 4.31 Å². The number of sulfonamides is 1. The van der Waals surface area contributed by atoms with Gasteiger partial charge in [-0.2, -0.15) is 0 Å². The Morgan fingerprint density at radius 2 is 1.71 bits per heavy atom. The number of ether oxygens (including phenoxy) is 2. The quantitative estimate of drug-likeness (QED) is 0.717. The monoisotopic (exact) mass is 365 g/mol. The zero-order valence-corrected chi connectivity index (χ0v) is 14.1. The molecule has 2 heterocycles. The molecule has 0 bridgehead atoms. The summed E-state index contributed by atoms with van der Waals surface area (Å²) < 4.78 is 37.9. The van der Waals surface area contributed by atoms with Gasteiger partial charge in [0.15, 0.2) is 17.3 Å². The number of carbonyl (C=O) groups excluding carboxylic acids is 1. The van der Waals surface area contributed by atoms with Crippen molar-refractivity contribution < 1.29 is 22.7 Å². The van der Waals surface area contributed by atoms with Gasteiger partial charge in [0.05, 0.1) is 11.3 Å². The molecule has 2 aliphatic rings. The van der Waals surface area contributed by atoms with Crippen LogP contribution < -0.4 is 13.8 Å². The molecule has 0 aromatic heterocycles. The molecule has 124 valence electrons. The summed E-state index contributed by atoms with van der Waals surface area (Å²) in [5.74, 6) is 0.442. The molecule has 0 unspecified atom stereocenters. The molecule has 2 aliphatic heterocycles. The van der Waals surface area contributed by atoms with Crippen molar-refractivity contribution in [1.82, 2.24) is 0 Å². The Morgan fingerprint density at radius 1 is 1.04 bits per heavy atom. The van der Waals surface area contributed by atoms with Gasteiger partial charge in [-0.25, -0.2) is 8.42 Å². The molecule has 0 fully saturated rings. The first kappa shape index (κ1) is 15.3. The molecule has 4 rings (SSSR count). The van der Waals surface area contributed by atoms with Crippen molar-refractivity contribution in [3.8, 4) is 11.5 Å². The zero-order chi connectivity index (χ0) is 17.1. The van der Waals surface area contributed by atoms with Crippen LogP contribution in [-0.4, -0.2) is 34.5 Å². The van der Waals surface area contributed by atoms with E-state index in [2.05, 4.69) is 0 Å². The molecule has 0 amide bonds. The van der Waals surface area contributed by atoms with Gasteiger partial charge in [0.2, 0.25) is 0 Å². The first-order chi connectivity index (χ1) is 11.4. The number of nitrogens with zero attached hydrogens (tertiary/aromatic N) is 1. The highest BCUT2D eigenvalue weighted by Crippen LogP contribution is 2.42. The SMILES string of the molecule is CN1c2cc3c(cc2C(=O)c2ccc(Cl)cc2S1(=O)=O)OCCO3. The highest BCUT2D eigenvalue weighted by Gasteiger charge is 2.35. The van der Waals surface area contributed by atoms with Gasteiger partial charge in [0, 0.05) is 23.7 Å². The number of benzene rings is 2. The molecule has 0 aliphatic carbocycles. The van der Waals surface area contributed by atoms with E-state index >= 15 is 0 Å². The summed E-state index contributed by atoms with van der Waals surface area (Å²) in [7, 11) is -2.52. The first-order valence-corrected chi connectivity index (χ1v) is 8.98. The fourth-order valence-corrected chi connectivity index (χ4v) is 4.50. The number of rotatable bonds is 0. The molecular weight excluding hydrogens is 354 g/mol. The first-order valence-electron chi connectivity index (χ1n) is 7.16. The molecule has 6 nitrogen and oxygen atoms in total. The van der Waals surface area contributed by atoms with Crippen LogP contribution in [0.25, 0.3) is 0 Å². The minimum atomic E-state index is -3.92. The van der Waals surface area contributed by atoms with Crippen molar-refractivity contribution in [3.63, 3.8) is 0 Å². The number of halogens is 1. The van der Waals surface area contributed by atoms with Gasteiger partial charge in [-0.1, -0.05) is 11.6 Å². The zero-order valence-electron chi connectivity index (χ0n) is 12.6. The minimum absolute atomic E-state index is 0.0849. The highest BCUT2D eigenvalue weighted by atomic mass is 35.5. The number of carbonyl (C=O) groups is 1. The van der Waals surface area contributed by atoms with E-state index in [1.165, 1.54) is 37.4 Å². The summed E-state index contributed by atoms with van der Waals surface area (Å²) in [5.41, 5.74) is 0.574. The standard InChI is InChI=1S/C16H12ClNO5S/c1-18-12-8-14-13(22-4-5-23-14)7-11(12)16(19)10-3-2-9(17)6-15(10)24(18,20)21/h2-3,6-8H,4-5H2,1H3. The molecular formula is C16H12ClNO5S. The van der Waals surface area contributed by atoms with Crippen molar-refractivity contribution in [3.05, 3.63) is 46.5 Å². The molecule has 0 N–H and O–H groups in total. The topological polar surface area (TPSA) is 72.9 Å². The fraction of sp³-hybridized carbons (Fsp3) is 0.188. The Balaban J connectivity index is 2.05. The normalized spacial score (nSPS) is 17.8. The predicted molar refractivity (Wildman–Crippen MR) is 87.9 cm³/mol. The summed E-state index contributed by atoms with van der Waals surface area (Å²) in [6.45, 7) is 0.742. The summed E-state index contributed by atoms with van der Waals surface area (Å²) in [6.07, 6.45) is 0. The molecule has 2 aromatic carbocycles. The predicted octanol–water partition coefficient (Wildman–Crippen LogP) is 2.48. The lowest BCUT2D eigenvalue weighted by atomic mass is 10.0. The molecule has 0 saturated carbocycles. The third-order valence-corrected chi connectivity index (χ3v) is 6.12. The molecule has 8 heteroatoms. The maximum absolute atomic E-state index is 12.9. The number of anilines is 1. The Kier molecular flexibility index (Phi) is 3.26. The van der Waals surface area contributed by atoms with Gasteiger partial charge in [-0.05, 0) is 24.3 Å². The van der Waals surface area contributed by atoms with Gasteiger partial charge in [-0.15, -0.1) is 0 Å². The van der Waals surface area contributed by atoms with Crippen molar-refractivity contribution >= 4 is 33.1 Å². The van der Waals surface area contributed by atoms with E-state index in [-0.39, 0.29) is 26.7 Å². The van der Waals surface area contributed by atoms with Crippen LogP contribution in [0.1, 0.15) is 15.9 Å². The van der Waals surface area contributed by atoms with E-state index in [4.69, 9.17) is 21.1 Å². The number of hydrogen-bond donors (Lipinski definition) is 0. The highest BCUT2D eigenvalue weighted by molar-refractivity contribution is 7.93. The van der Waals surface area contributed by atoms with Crippen LogP contribution in [0.5, 0.6) is 11.5 Å². The maximum Gasteiger partial charge on any atom is 0.264 e. The largest absolute Gasteiger partial charge is 0.486 e. The third-order valence-electron chi connectivity index (χ3n) is 4.07. The lowest BCUT2D eigenvalue weighted by Gasteiger charge is -2.23. The van der Waals surface area contributed by atoms with Gasteiger partial charge in [0.25, 0.3) is 10.0 Å². The maximum atomic E-state index is 12.9. The van der Waals surface area contributed by atoms with Crippen molar-refractivity contribution in [2.24, 2.45) is 0 Å². The number of ketones is 1. The number of fused-ring (bicyclic) bond motifs is 3. The van der Waals surface area contributed by atoms with E-state index in [0.29, 0.717) is 24.7 Å². The van der Waals surface area contributed by atoms with Gasteiger partial charge in [-0.3, -0.25) is 9.10 Å². The van der Waals surface area contributed by atoms with Crippen molar-refractivity contribution in [1.29, 1.82) is 0 Å². The minimum Gasteiger partial charge on any atom is -0.486 e. The second kappa shape index (κ2) is 5.12. The van der Waals surface area contributed by atoms with Crippen LogP contribution >= 0.6 is 11.6 Å². The summed E-state index contributed by atoms with van der Waals surface area (Å²) >= 11 is 5.93. The van der Waals surface area contributed by atoms with Gasteiger partial charge < -0.3 is 9.47 Å². The molecule has 0 saturated heterocycles. The van der Waals surface area contributed by atoms with Crippen LogP contribution in [0.4, 0.5) is 5.69 Å². The molecule has 0 spiro atoms. The van der Waals surface area contributed by atoms with Gasteiger partial charge >= 0.3 is 0 Å². The van der Waals surface area contributed by atoms with E-state index in [1.54, 1.807) is 0 Å². The molecule has 2 aromatic rings. The van der Waals surface area contributed by atoms with Crippen LogP contribution in [-0.2, 0) is 10.0 Å². The Morgan fingerprint density at radius 3 is 2.42 bits per heavy atom. The summed E-state index contributed by atoms with van der Waals surface area (Å²) in [5, 5.41) is 0.246. The van der Waals surface area contributed by atoms with E-state index < -0.39 is 15.8 Å². The van der Waals surface area contributed by atoms with Crippen LogP contribution in [0.3, 0.4) is 0 Å². The Hall–Kier alpha value is -2.25. The summed E-state index contributed by atoms with van der Waals surface area (Å²) in [4.78, 5) is 12.8. The number of hydrogen-bond acceptors (Lipinski definition) is 5. The Labute approximate surface area is 143 Å².